The lowest BCUT2D eigenvalue weighted by Gasteiger charge is -2.56. The van der Waals surface area contributed by atoms with E-state index in [1.165, 1.54) is 42.9 Å². The number of hydrogen-bond donors (Lipinski definition) is 4. The summed E-state index contributed by atoms with van der Waals surface area (Å²) in [6, 6.07) is 21.4. The molecule has 18 heteroatoms. The number of H-pyrrole nitrogens is 1. The van der Waals surface area contributed by atoms with Crippen LogP contribution in [-0.2, 0) is 21.2 Å². The molecule has 7 aliphatic rings. The first-order valence-corrected chi connectivity index (χ1v) is 27.5. The lowest BCUT2D eigenvalue weighted by molar-refractivity contribution is -0.384. The highest BCUT2D eigenvalue weighted by Gasteiger charge is 2.50. The van der Waals surface area contributed by atoms with Crippen LogP contribution in [0.25, 0.3) is 11.0 Å². The van der Waals surface area contributed by atoms with E-state index >= 15 is 0 Å². The number of nitro benzene ring substituents is 1. The molecule has 17 nitrogen and oxygen atoms in total. The van der Waals surface area contributed by atoms with Gasteiger partial charge in [0.25, 0.3) is 21.6 Å². The Labute approximate surface area is 419 Å². The minimum absolute atomic E-state index is 0.0120. The number of sulfonamides is 1. The highest BCUT2D eigenvalue weighted by atomic mass is 32.2. The van der Waals surface area contributed by atoms with Crippen molar-refractivity contribution in [1.82, 2.24) is 19.6 Å². The largest absolute Gasteiger partial charge is 0.489 e. The molecule has 7 heterocycles. The van der Waals surface area contributed by atoms with Gasteiger partial charge in [0.15, 0.2) is 11.4 Å². The number of ether oxygens (including phenoxy) is 3. The van der Waals surface area contributed by atoms with Crippen molar-refractivity contribution in [2.24, 2.45) is 17.3 Å². The summed E-state index contributed by atoms with van der Waals surface area (Å²) in [6.07, 6.45) is 12.1. The summed E-state index contributed by atoms with van der Waals surface area (Å²) in [5.41, 5.74) is 4.87. The van der Waals surface area contributed by atoms with Gasteiger partial charge in [0, 0.05) is 67.0 Å². The number of aryl methyl sites for hydroxylation is 1. The summed E-state index contributed by atoms with van der Waals surface area (Å²) in [4.78, 5) is 41.5. The van der Waals surface area contributed by atoms with Crippen molar-refractivity contribution in [2.45, 2.75) is 119 Å². The number of nitrogens with zero attached hydrogens (tertiary/aromatic N) is 5. The van der Waals surface area contributed by atoms with Gasteiger partial charge < -0.3 is 39.4 Å². The summed E-state index contributed by atoms with van der Waals surface area (Å²) in [7, 11) is -4.70. The first-order valence-electron chi connectivity index (χ1n) is 26.0. The van der Waals surface area contributed by atoms with E-state index in [2.05, 4.69) is 56.0 Å². The lowest BCUT2D eigenvalue weighted by atomic mass is 9.59. The van der Waals surface area contributed by atoms with Crippen LogP contribution < -0.4 is 29.3 Å². The predicted octanol–water partition coefficient (Wildman–Crippen LogP) is 8.40. The molecule has 5 aliphatic heterocycles. The van der Waals surface area contributed by atoms with Crippen LogP contribution in [0.15, 0.2) is 77.8 Å². The van der Waals surface area contributed by atoms with Gasteiger partial charge in [-0.1, -0.05) is 31.2 Å². The van der Waals surface area contributed by atoms with Crippen LogP contribution in [0, 0.1) is 27.4 Å². The van der Waals surface area contributed by atoms with Crippen LogP contribution in [0.1, 0.15) is 106 Å². The normalized spacial score (nSPS) is 27.2. The molecule has 3 saturated heterocycles. The Hall–Kier alpha value is -5.95. The van der Waals surface area contributed by atoms with Crippen LogP contribution in [0.2, 0.25) is 0 Å². The summed E-state index contributed by atoms with van der Waals surface area (Å²) in [5, 5.41) is 27.2. The van der Waals surface area contributed by atoms with E-state index in [9.17, 15) is 28.4 Å². The highest BCUT2D eigenvalue weighted by molar-refractivity contribution is 7.90. The second-order valence-electron chi connectivity index (χ2n) is 21.9. The third-order valence-corrected chi connectivity index (χ3v) is 18.7. The van der Waals surface area contributed by atoms with E-state index in [4.69, 9.17) is 19.2 Å². The summed E-state index contributed by atoms with van der Waals surface area (Å²) >= 11 is 0. The number of benzene rings is 3. The SMILES string of the molecule is CCc1ccccc1[C@@H]1CCCN1C1CC2(CCN(c3ccc(C(=O)NS(=O)(=O)c4cc5c(c([N+](=O)[O-])c4)N[C@H](C4CCC(C)(O)CC4)CO5)c(N4C[C@@H]5COC[C@H]5Oc5nc6[nH]ccc6cc54)c3)CC2)C1. The molecule has 1 spiro atoms. The average Bonchev–Trinajstić information content (AvgIpc) is 4.14. The Morgan fingerprint density at radius 1 is 0.958 bits per heavy atom. The fraction of sp³-hybridized carbons (Fsp3) is 0.519. The van der Waals surface area contributed by atoms with E-state index in [0.717, 1.165) is 56.0 Å². The molecule has 2 saturated carbocycles. The fourth-order valence-electron chi connectivity index (χ4n) is 13.2. The van der Waals surface area contributed by atoms with Gasteiger partial charge >= 0.3 is 0 Å². The van der Waals surface area contributed by atoms with E-state index in [-0.39, 0.29) is 53.0 Å². The molecule has 380 valence electrons. The number of aromatic nitrogens is 2. The highest BCUT2D eigenvalue weighted by Crippen LogP contribution is 2.55. The number of rotatable bonds is 10. The number of likely N-dealkylation sites (tertiary alicyclic amines) is 1. The lowest BCUT2D eigenvalue weighted by Crippen LogP contribution is -2.55. The van der Waals surface area contributed by atoms with Gasteiger partial charge in [0.1, 0.15) is 24.0 Å². The second kappa shape index (κ2) is 18.2. The number of pyridine rings is 1. The fourth-order valence-corrected chi connectivity index (χ4v) is 14.2. The Morgan fingerprint density at radius 3 is 2.56 bits per heavy atom. The van der Waals surface area contributed by atoms with Gasteiger partial charge in [-0.05, 0) is 137 Å². The van der Waals surface area contributed by atoms with E-state index in [1.54, 1.807) is 6.07 Å². The molecule has 5 aromatic rings. The molecule has 0 radical (unpaired) electrons. The molecule has 12 rings (SSSR count). The number of piperidine rings is 1. The van der Waals surface area contributed by atoms with Crippen LogP contribution in [-0.4, -0.2) is 109 Å². The first kappa shape index (κ1) is 47.1. The molecule has 0 unspecified atom stereocenters. The summed E-state index contributed by atoms with van der Waals surface area (Å²) in [6.45, 7) is 8.27. The minimum atomic E-state index is -4.70. The number of aromatic amines is 1. The van der Waals surface area contributed by atoms with Crippen LogP contribution in [0.5, 0.6) is 11.6 Å². The molecule has 2 aromatic heterocycles. The van der Waals surface area contributed by atoms with Crippen molar-refractivity contribution in [3.05, 3.63) is 99.7 Å². The number of hydrogen-bond acceptors (Lipinski definition) is 14. The van der Waals surface area contributed by atoms with Gasteiger partial charge in [-0.25, -0.2) is 13.1 Å². The van der Waals surface area contributed by atoms with E-state index in [0.29, 0.717) is 80.4 Å². The molecule has 2 aliphatic carbocycles. The van der Waals surface area contributed by atoms with Crippen molar-refractivity contribution in [2.75, 3.05) is 61.1 Å². The Balaban J connectivity index is 0.829. The monoisotopic (exact) mass is 1000 g/mol. The van der Waals surface area contributed by atoms with E-state index in [1.807, 2.05) is 42.3 Å². The summed E-state index contributed by atoms with van der Waals surface area (Å²) < 4.78 is 49.6. The summed E-state index contributed by atoms with van der Waals surface area (Å²) in [5.74, 6) is -0.503. The van der Waals surface area contributed by atoms with Gasteiger partial charge in [0.2, 0.25) is 5.88 Å². The van der Waals surface area contributed by atoms with Crippen LogP contribution in [0.4, 0.5) is 28.4 Å². The number of amides is 1. The maximum Gasteiger partial charge on any atom is 0.297 e. The standard InChI is InChI=1S/C54H64N8O9S/c1-3-33-7-4-5-8-40(33)43-9-6-20-60(43)38-27-54(28-38)17-21-59(22-18-54)37-10-11-41(44(24-37)61-29-36-30-69-32-48(36)71-52-46(61)23-35-14-19-55-50(35)57-52)51(63)58-72(67,68)39-25-45(62(65)66)49-47(26-39)70-31-42(56-49)34-12-15-53(2,64)16-13-34/h4-5,7-8,10-11,14,19,23-26,34,36,38,42-43,48,56,64H,3,6,9,12-13,15-18,20-22,27-32H2,1-2H3,(H,55,57)(H,58,63)/t34?,36-,42+,43+,48-,53?/m1/s1. The molecule has 4 atom stereocenters. The third kappa shape index (κ3) is 8.60. The maximum absolute atomic E-state index is 14.8. The number of carbonyl (C=O) groups excluding carboxylic acids is 1. The Bertz CT molecular complexity index is 3030. The molecule has 1 amide bonds. The van der Waals surface area contributed by atoms with E-state index < -0.39 is 37.0 Å². The van der Waals surface area contributed by atoms with Gasteiger partial charge in [0.05, 0.1) is 45.9 Å². The Morgan fingerprint density at radius 2 is 1.76 bits per heavy atom. The quantitative estimate of drug-likeness (QED) is 0.0767. The van der Waals surface area contributed by atoms with Crippen molar-refractivity contribution in [1.29, 1.82) is 0 Å². The van der Waals surface area contributed by atoms with Crippen molar-refractivity contribution < 1.29 is 37.5 Å². The van der Waals surface area contributed by atoms with Crippen molar-refractivity contribution >= 4 is 55.4 Å². The minimum Gasteiger partial charge on any atom is -0.489 e. The molecule has 3 aromatic carbocycles. The zero-order chi connectivity index (χ0) is 49.5. The maximum atomic E-state index is 14.8. The molecule has 5 fully saturated rings. The zero-order valence-electron chi connectivity index (χ0n) is 41.0. The number of aliphatic hydroxyl groups is 1. The molecular weight excluding hydrogens is 937 g/mol. The molecule has 0 bridgehead atoms. The smallest absolute Gasteiger partial charge is 0.297 e. The topological polar surface area (TPSA) is 205 Å². The van der Waals surface area contributed by atoms with Gasteiger partial charge in [-0.15, -0.1) is 0 Å². The van der Waals surface area contributed by atoms with Crippen LogP contribution >= 0.6 is 0 Å². The number of fused-ring (bicyclic) bond motifs is 4. The zero-order valence-corrected chi connectivity index (χ0v) is 41.8. The first-order chi connectivity index (χ1) is 34.7. The second-order valence-corrected chi connectivity index (χ2v) is 23.6. The predicted molar refractivity (Wildman–Crippen MR) is 273 cm³/mol. The number of nitro groups is 1. The Kier molecular flexibility index (Phi) is 11.9. The molecular formula is C54H64N8O9S. The van der Waals surface area contributed by atoms with Crippen LogP contribution in [0.3, 0.4) is 0 Å². The van der Waals surface area contributed by atoms with Crippen molar-refractivity contribution in [3.8, 4) is 11.6 Å². The third-order valence-electron chi connectivity index (χ3n) is 17.4. The number of nitrogens with one attached hydrogen (secondary N) is 3. The molecule has 4 N–H and O–H groups in total. The van der Waals surface area contributed by atoms with Crippen molar-refractivity contribution in [3.63, 3.8) is 0 Å². The molecule has 72 heavy (non-hydrogen) atoms. The number of anilines is 4. The number of carbonyl (C=O) groups is 1. The average molecular weight is 1000 g/mol. The van der Waals surface area contributed by atoms with Gasteiger partial charge in [-0.3, -0.25) is 19.8 Å². The van der Waals surface area contributed by atoms with Gasteiger partial charge in [-0.2, -0.15) is 4.98 Å².